The molecule has 0 atom stereocenters. The molecular formula is C18H15ClN4O2S. The van der Waals surface area contributed by atoms with Gasteiger partial charge in [0, 0.05) is 17.1 Å². The summed E-state index contributed by atoms with van der Waals surface area (Å²) >= 11 is 7.50. The lowest BCUT2D eigenvalue weighted by Gasteiger charge is -2.06. The van der Waals surface area contributed by atoms with Crippen molar-refractivity contribution in [2.45, 2.75) is 17.5 Å². The van der Waals surface area contributed by atoms with E-state index in [2.05, 4.69) is 15.2 Å². The van der Waals surface area contributed by atoms with E-state index in [0.29, 0.717) is 28.4 Å². The summed E-state index contributed by atoms with van der Waals surface area (Å²) < 4.78 is 7.68. The maximum Gasteiger partial charge on any atom is 0.277 e. The maximum absolute atomic E-state index is 9.38. The molecule has 2 aromatic heterocycles. The van der Waals surface area contributed by atoms with Crippen LogP contribution < -0.4 is 0 Å². The van der Waals surface area contributed by atoms with Gasteiger partial charge in [0.1, 0.15) is 5.82 Å². The zero-order valence-electron chi connectivity index (χ0n) is 13.7. The second-order valence-electron chi connectivity index (χ2n) is 5.56. The van der Waals surface area contributed by atoms with Crippen LogP contribution >= 0.6 is 23.4 Å². The smallest absolute Gasteiger partial charge is 0.277 e. The summed E-state index contributed by atoms with van der Waals surface area (Å²) in [4.78, 5) is 4.63. The van der Waals surface area contributed by atoms with Crippen LogP contribution in [-0.4, -0.2) is 31.5 Å². The van der Waals surface area contributed by atoms with Crippen molar-refractivity contribution in [2.24, 2.45) is 0 Å². The van der Waals surface area contributed by atoms with Crippen LogP contribution in [0.1, 0.15) is 5.82 Å². The molecule has 2 heterocycles. The molecule has 0 aliphatic heterocycles. The van der Waals surface area contributed by atoms with Crippen molar-refractivity contribution >= 4 is 34.4 Å². The Morgan fingerprint density at radius 1 is 1.12 bits per heavy atom. The van der Waals surface area contributed by atoms with Gasteiger partial charge in [-0.15, -0.1) is 10.2 Å². The number of hydrogen-bond acceptors (Lipinski definition) is 6. The van der Waals surface area contributed by atoms with Crippen molar-refractivity contribution in [3.63, 3.8) is 0 Å². The Labute approximate surface area is 158 Å². The molecular weight excluding hydrogens is 372 g/mol. The molecule has 6 nitrogen and oxygen atoms in total. The van der Waals surface area contributed by atoms with Gasteiger partial charge in [-0.25, -0.2) is 4.98 Å². The number of imidazole rings is 1. The molecule has 4 aromatic rings. The van der Waals surface area contributed by atoms with Crippen molar-refractivity contribution in [3.8, 4) is 11.5 Å². The molecule has 0 radical (unpaired) electrons. The van der Waals surface area contributed by atoms with Crippen molar-refractivity contribution in [3.05, 3.63) is 59.4 Å². The van der Waals surface area contributed by atoms with Crippen LogP contribution in [0.15, 0.2) is 58.2 Å². The number of thioether (sulfide) groups is 1. The van der Waals surface area contributed by atoms with Gasteiger partial charge in [-0.1, -0.05) is 41.6 Å². The van der Waals surface area contributed by atoms with Gasteiger partial charge in [0.2, 0.25) is 5.89 Å². The predicted octanol–water partition coefficient (Wildman–Crippen LogP) is 4.02. The molecule has 0 aliphatic carbocycles. The van der Waals surface area contributed by atoms with Crippen molar-refractivity contribution in [1.82, 2.24) is 19.7 Å². The van der Waals surface area contributed by atoms with Crippen molar-refractivity contribution < 1.29 is 9.52 Å². The number of fused-ring (bicyclic) bond motifs is 1. The van der Waals surface area contributed by atoms with Crippen LogP contribution in [-0.2, 0) is 12.3 Å². The third-order valence-corrected chi connectivity index (χ3v) is 4.91. The molecule has 4 rings (SSSR count). The first-order valence-corrected chi connectivity index (χ1v) is 9.38. The minimum atomic E-state index is 0.0222. The fourth-order valence-electron chi connectivity index (χ4n) is 2.70. The highest BCUT2D eigenvalue weighted by Gasteiger charge is 2.14. The Balaban J connectivity index is 1.56. The first-order chi connectivity index (χ1) is 12.7. The van der Waals surface area contributed by atoms with Crippen molar-refractivity contribution in [2.75, 3.05) is 6.61 Å². The number of aliphatic hydroxyl groups excluding tert-OH is 1. The second kappa shape index (κ2) is 7.49. The number of aliphatic hydroxyl groups is 1. The molecule has 0 unspecified atom stereocenters. The van der Waals surface area contributed by atoms with E-state index in [1.54, 1.807) is 6.07 Å². The SMILES string of the molecule is OCCn1c(CSc2nnc(-c3ccccc3)o2)nc2ccc(Cl)cc21. The first kappa shape index (κ1) is 17.1. The molecule has 0 aliphatic rings. The van der Waals surface area contributed by atoms with Crippen LogP contribution in [0.25, 0.3) is 22.5 Å². The predicted molar refractivity (Wildman–Crippen MR) is 101 cm³/mol. The van der Waals surface area contributed by atoms with Gasteiger partial charge in [0.25, 0.3) is 5.22 Å². The Hall–Kier alpha value is -2.35. The fourth-order valence-corrected chi connectivity index (χ4v) is 3.57. The lowest BCUT2D eigenvalue weighted by Crippen LogP contribution is -2.06. The molecule has 2 aromatic carbocycles. The lowest BCUT2D eigenvalue weighted by atomic mass is 10.2. The number of nitrogens with zero attached hydrogens (tertiary/aromatic N) is 4. The Bertz CT molecular complexity index is 1030. The molecule has 0 spiro atoms. The molecule has 132 valence electrons. The average molecular weight is 387 g/mol. The van der Waals surface area contributed by atoms with Crippen LogP contribution in [0.4, 0.5) is 0 Å². The van der Waals surface area contributed by atoms with E-state index in [9.17, 15) is 5.11 Å². The third-order valence-electron chi connectivity index (χ3n) is 3.86. The number of benzene rings is 2. The summed E-state index contributed by atoms with van der Waals surface area (Å²) in [7, 11) is 0. The highest BCUT2D eigenvalue weighted by Crippen LogP contribution is 2.27. The summed E-state index contributed by atoms with van der Waals surface area (Å²) in [5.74, 6) is 1.85. The maximum atomic E-state index is 9.38. The molecule has 8 heteroatoms. The largest absolute Gasteiger partial charge is 0.411 e. The summed E-state index contributed by atoms with van der Waals surface area (Å²) in [6.45, 7) is 0.472. The van der Waals surface area contributed by atoms with E-state index in [1.165, 1.54) is 11.8 Å². The van der Waals surface area contributed by atoms with Crippen LogP contribution in [0, 0.1) is 0 Å². The molecule has 0 saturated carbocycles. The molecule has 1 N–H and O–H groups in total. The number of hydrogen-bond donors (Lipinski definition) is 1. The quantitative estimate of drug-likeness (QED) is 0.504. The number of aromatic nitrogens is 4. The molecule has 0 bridgehead atoms. The van der Waals surface area contributed by atoms with Gasteiger partial charge in [0.15, 0.2) is 0 Å². The van der Waals surface area contributed by atoms with Crippen LogP contribution in [0.5, 0.6) is 0 Å². The zero-order valence-corrected chi connectivity index (χ0v) is 15.2. The van der Waals surface area contributed by atoms with Gasteiger partial charge >= 0.3 is 0 Å². The topological polar surface area (TPSA) is 77.0 Å². The van der Waals surface area contributed by atoms with Gasteiger partial charge in [-0.3, -0.25) is 0 Å². The Kier molecular flexibility index (Phi) is 4.92. The second-order valence-corrected chi connectivity index (χ2v) is 6.93. The Morgan fingerprint density at radius 2 is 1.96 bits per heavy atom. The molecule has 26 heavy (non-hydrogen) atoms. The van der Waals surface area contributed by atoms with E-state index < -0.39 is 0 Å². The van der Waals surface area contributed by atoms with Crippen LogP contribution in [0.2, 0.25) is 5.02 Å². The van der Waals surface area contributed by atoms with Gasteiger partial charge in [0.05, 0.1) is 23.4 Å². The molecule has 0 amide bonds. The van der Waals surface area contributed by atoms with Gasteiger partial charge in [-0.2, -0.15) is 0 Å². The van der Waals surface area contributed by atoms with E-state index >= 15 is 0 Å². The van der Waals surface area contributed by atoms with E-state index in [1.807, 2.05) is 47.0 Å². The summed E-state index contributed by atoms with van der Waals surface area (Å²) in [5, 5.41) is 18.7. The summed E-state index contributed by atoms with van der Waals surface area (Å²) in [5.41, 5.74) is 2.63. The number of rotatable bonds is 6. The fraction of sp³-hybridized carbons (Fsp3) is 0.167. The normalized spacial score (nSPS) is 11.3. The molecule has 0 fully saturated rings. The summed E-state index contributed by atoms with van der Waals surface area (Å²) in [6, 6.07) is 15.2. The van der Waals surface area contributed by atoms with Gasteiger partial charge < -0.3 is 14.1 Å². The van der Waals surface area contributed by atoms with Crippen molar-refractivity contribution in [1.29, 1.82) is 0 Å². The average Bonchev–Trinajstić information content (AvgIpc) is 3.26. The molecule has 0 saturated heterocycles. The van der Waals surface area contributed by atoms with E-state index in [0.717, 1.165) is 22.4 Å². The Morgan fingerprint density at radius 3 is 2.77 bits per heavy atom. The lowest BCUT2D eigenvalue weighted by molar-refractivity contribution is 0.276. The minimum Gasteiger partial charge on any atom is -0.411 e. The highest BCUT2D eigenvalue weighted by molar-refractivity contribution is 7.98. The van der Waals surface area contributed by atoms with E-state index in [4.69, 9.17) is 16.0 Å². The minimum absolute atomic E-state index is 0.0222. The number of halogens is 1. The first-order valence-electron chi connectivity index (χ1n) is 8.02. The third kappa shape index (κ3) is 3.46. The summed E-state index contributed by atoms with van der Waals surface area (Å²) in [6.07, 6.45) is 0. The van der Waals surface area contributed by atoms with E-state index in [-0.39, 0.29) is 6.61 Å². The highest BCUT2D eigenvalue weighted by atomic mass is 35.5. The monoisotopic (exact) mass is 386 g/mol. The van der Waals surface area contributed by atoms with Crippen LogP contribution in [0.3, 0.4) is 0 Å². The van der Waals surface area contributed by atoms with Gasteiger partial charge in [-0.05, 0) is 30.3 Å². The zero-order chi connectivity index (χ0) is 17.9. The standard InChI is InChI=1S/C18H15ClN4O2S/c19-13-6-7-14-15(10-13)23(8-9-24)16(20-14)11-26-18-22-21-17(25-18)12-4-2-1-3-5-12/h1-7,10,24H,8-9,11H2.